The van der Waals surface area contributed by atoms with Gasteiger partial charge in [0.1, 0.15) is 12.4 Å². The molecule has 1 saturated carbocycles. The van der Waals surface area contributed by atoms with Crippen LogP contribution in [-0.2, 0) is 6.18 Å². The molecule has 0 saturated heterocycles. The number of hydrogen-bond acceptors (Lipinski definition) is 2. The number of rotatable bonds is 6. The van der Waals surface area contributed by atoms with Gasteiger partial charge in [-0.3, -0.25) is 0 Å². The van der Waals surface area contributed by atoms with Crippen molar-refractivity contribution in [2.24, 2.45) is 4.99 Å². The van der Waals surface area contributed by atoms with Gasteiger partial charge in [-0.2, -0.15) is 13.2 Å². The summed E-state index contributed by atoms with van der Waals surface area (Å²) in [6, 6.07) is 5.17. The molecule has 0 radical (unpaired) electrons. The smallest absolute Gasteiger partial charge is 0.416 e. The van der Waals surface area contributed by atoms with Crippen LogP contribution in [0.25, 0.3) is 0 Å². The summed E-state index contributed by atoms with van der Waals surface area (Å²) in [5, 5.41) is 6.41. The minimum absolute atomic E-state index is 0. The summed E-state index contributed by atoms with van der Waals surface area (Å²) in [5.74, 6) is 1.16. The molecule has 0 unspecified atom stereocenters. The third-order valence-corrected chi connectivity index (χ3v) is 3.07. The lowest BCUT2D eigenvalue weighted by Crippen LogP contribution is -2.38. The van der Waals surface area contributed by atoms with Crippen LogP contribution in [0.5, 0.6) is 5.75 Å². The monoisotopic (exact) mass is 443 g/mol. The highest BCUT2D eigenvalue weighted by Gasteiger charge is 2.30. The van der Waals surface area contributed by atoms with Gasteiger partial charge in [0.15, 0.2) is 5.96 Å². The van der Waals surface area contributed by atoms with Crippen molar-refractivity contribution in [3.8, 4) is 5.75 Å². The first-order chi connectivity index (χ1) is 10.5. The molecule has 130 valence electrons. The molecule has 0 aromatic heterocycles. The fourth-order valence-corrected chi connectivity index (χ4v) is 1.80. The van der Waals surface area contributed by atoms with Crippen LogP contribution in [0.2, 0.25) is 0 Å². The van der Waals surface area contributed by atoms with Crippen molar-refractivity contribution in [1.29, 1.82) is 0 Å². The topological polar surface area (TPSA) is 45.7 Å². The zero-order valence-electron chi connectivity index (χ0n) is 12.8. The van der Waals surface area contributed by atoms with Crippen molar-refractivity contribution in [3.05, 3.63) is 29.8 Å². The van der Waals surface area contributed by atoms with Gasteiger partial charge in [-0.1, -0.05) is 0 Å². The van der Waals surface area contributed by atoms with Crippen molar-refractivity contribution in [3.63, 3.8) is 0 Å². The molecule has 2 N–H and O–H groups in total. The Balaban J connectivity index is 0.00000264. The number of nitrogens with zero attached hydrogens (tertiary/aromatic N) is 1. The predicted molar refractivity (Wildman–Crippen MR) is 94.5 cm³/mol. The second-order valence-electron chi connectivity index (χ2n) is 5.05. The molecule has 23 heavy (non-hydrogen) atoms. The Morgan fingerprint density at radius 3 is 2.43 bits per heavy atom. The first-order valence-electron chi connectivity index (χ1n) is 7.34. The maximum atomic E-state index is 12.4. The van der Waals surface area contributed by atoms with Gasteiger partial charge in [-0.25, -0.2) is 4.99 Å². The van der Waals surface area contributed by atoms with Gasteiger partial charge in [-0.15, -0.1) is 24.0 Å². The lowest BCUT2D eigenvalue weighted by atomic mass is 10.2. The van der Waals surface area contributed by atoms with Crippen molar-refractivity contribution in [2.45, 2.75) is 32.0 Å². The maximum Gasteiger partial charge on any atom is 0.416 e. The normalized spacial score (nSPS) is 14.9. The van der Waals surface area contributed by atoms with E-state index < -0.39 is 11.7 Å². The van der Waals surface area contributed by atoms with Gasteiger partial charge in [0.05, 0.1) is 12.1 Å². The number of halogens is 4. The highest BCUT2D eigenvalue weighted by molar-refractivity contribution is 14.0. The Labute approximate surface area is 150 Å². The maximum absolute atomic E-state index is 12.4. The van der Waals surface area contributed by atoms with E-state index in [9.17, 15) is 13.2 Å². The van der Waals surface area contributed by atoms with Gasteiger partial charge in [-0.05, 0) is 44.0 Å². The third-order valence-electron chi connectivity index (χ3n) is 3.07. The van der Waals surface area contributed by atoms with Crippen molar-refractivity contribution < 1.29 is 17.9 Å². The summed E-state index contributed by atoms with van der Waals surface area (Å²) >= 11 is 0. The van der Waals surface area contributed by atoms with E-state index in [1.54, 1.807) is 0 Å². The molecular weight excluding hydrogens is 422 g/mol. The Kier molecular flexibility index (Phi) is 7.93. The zero-order valence-corrected chi connectivity index (χ0v) is 15.2. The lowest BCUT2D eigenvalue weighted by Gasteiger charge is -2.11. The lowest BCUT2D eigenvalue weighted by molar-refractivity contribution is -0.137. The summed E-state index contributed by atoms with van der Waals surface area (Å²) in [7, 11) is 0. The van der Waals surface area contributed by atoms with Crippen molar-refractivity contribution >= 4 is 29.9 Å². The Morgan fingerprint density at radius 2 is 1.91 bits per heavy atom. The van der Waals surface area contributed by atoms with Crippen LogP contribution < -0.4 is 15.4 Å². The molecule has 2 rings (SSSR count). The largest absolute Gasteiger partial charge is 0.492 e. The highest BCUT2D eigenvalue weighted by atomic mass is 127. The molecule has 1 aromatic rings. The fourth-order valence-electron chi connectivity index (χ4n) is 1.80. The van der Waals surface area contributed by atoms with E-state index in [4.69, 9.17) is 4.74 Å². The number of nitrogens with one attached hydrogen (secondary N) is 2. The van der Waals surface area contributed by atoms with E-state index in [0.29, 0.717) is 24.9 Å². The molecule has 0 aliphatic heterocycles. The quantitative estimate of drug-likeness (QED) is 0.307. The van der Waals surface area contributed by atoms with Crippen LogP contribution in [0, 0.1) is 0 Å². The molecule has 1 aliphatic rings. The molecule has 4 nitrogen and oxygen atoms in total. The Morgan fingerprint density at radius 1 is 1.26 bits per heavy atom. The van der Waals surface area contributed by atoms with Gasteiger partial charge >= 0.3 is 6.18 Å². The predicted octanol–water partition coefficient (Wildman–Crippen LogP) is 3.42. The Bertz CT molecular complexity index is 502. The Hall–Kier alpha value is -1.19. The fraction of sp³-hybridized carbons (Fsp3) is 0.533. The van der Waals surface area contributed by atoms with Crippen LogP contribution >= 0.6 is 24.0 Å². The average Bonchev–Trinajstić information content (AvgIpc) is 3.27. The molecule has 1 aliphatic carbocycles. The number of ether oxygens (including phenoxy) is 1. The number of benzene rings is 1. The summed E-state index contributed by atoms with van der Waals surface area (Å²) in [5.41, 5.74) is -0.680. The summed E-state index contributed by atoms with van der Waals surface area (Å²) in [4.78, 5) is 4.35. The molecule has 1 fully saturated rings. The zero-order chi connectivity index (χ0) is 16.0. The average molecular weight is 443 g/mol. The number of guanidine groups is 1. The van der Waals surface area contributed by atoms with Gasteiger partial charge in [0, 0.05) is 12.6 Å². The van der Waals surface area contributed by atoms with E-state index in [-0.39, 0.29) is 24.0 Å². The second-order valence-corrected chi connectivity index (χ2v) is 5.05. The van der Waals surface area contributed by atoms with E-state index in [1.165, 1.54) is 12.1 Å². The molecule has 8 heteroatoms. The van der Waals surface area contributed by atoms with Crippen LogP contribution in [0.1, 0.15) is 25.3 Å². The summed E-state index contributed by atoms with van der Waals surface area (Å²) in [6.45, 7) is 3.51. The van der Waals surface area contributed by atoms with Crippen molar-refractivity contribution in [2.75, 3.05) is 19.7 Å². The van der Waals surface area contributed by atoms with Crippen LogP contribution in [0.4, 0.5) is 13.2 Å². The first-order valence-corrected chi connectivity index (χ1v) is 7.34. The SMILES string of the molecule is CCNC(=NCCOc1ccc(C(F)(F)F)cc1)NC1CC1.I. The molecular formula is C15H21F3IN3O. The number of aliphatic imine (C=N–C) groups is 1. The molecule has 0 atom stereocenters. The van der Waals surface area contributed by atoms with Gasteiger partial charge < -0.3 is 15.4 Å². The molecule has 0 bridgehead atoms. The van der Waals surface area contributed by atoms with Gasteiger partial charge in [0.25, 0.3) is 0 Å². The minimum Gasteiger partial charge on any atom is -0.492 e. The molecule has 0 spiro atoms. The molecule has 0 amide bonds. The second kappa shape index (κ2) is 9.19. The van der Waals surface area contributed by atoms with E-state index >= 15 is 0 Å². The number of alkyl halides is 3. The highest BCUT2D eigenvalue weighted by Crippen LogP contribution is 2.30. The third kappa shape index (κ3) is 7.28. The first kappa shape index (κ1) is 19.9. The van der Waals surface area contributed by atoms with Crippen LogP contribution in [0.3, 0.4) is 0 Å². The van der Waals surface area contributed by atoms with E-state index in [1.807, 2.05) is 6.92 Å². The molecule has 0 heterocycles. The van der Waals surface area contributed by atoms with Crippen LogP contribution in [-0.4, -0.2) is 31.7 Å². The van der Waals surface area contributed by atoms with Crippen molar-refractivity contribution in [1.82, 2.24) is 10.6 Å². The van der Waals surface area contributed by atoms with Gasteiger partial charge in [0.2, 0.25) is 0 Å². The van der Waals surface area contributed by atoms with Crippen LogP contribution in [0.15, 0.2) is 29.3 Å². The standard InChI is InChI=1S/C15H20F3N3O.HI/c1-2-19-14(21-12-5-6-12)20-9-10-22-13-7-3-11(4-8-13)15(16,17)18;/h3-4,7-8,12H,2,5-6,9-10H2,1H3,(H2,19,20,21);1H. The van der Waals surface area contributed by atoms with E-state index in [0.717, 1.165) is 37.5 Å². The minimum atomic E-state index is -4.32. The summed E-state index contributed by atoms with van der Waals surface area (Å²) in [6.07, 6.45) is -2.00. The number of hydrogen-bond donors (Lipinski definition) is 2. The summed E-state index contributed by atoms with van der Waals surface area (Å²) < 4.78 is 42.7. The molecule has 1 aromatic carbocycles. The van der Waals surface area contributed by atoms with E-state index in [2.05, 4.69) is 15.6 Å².